The van der Waals surface area contributed by atoms with Crippen molar-refractivity contribution in [3.8, 4) is 0 Å². The summed E-state index contributed by atoms with van der Waals surface area (Å²) in [6, 6.07) is -0.112. The van der Waals surface area contributed by atoms with Crippen molar-refractivity contribution in [3.63, 3.8) is 0 Å². The van der Waals surface area contributed by atoms with Gasteiger partial charge in [0.1, 0.15) is 17.9 Å². The maximum absolute atomic E-state index is 11.8. The Hall–Kier alpha value is -1.96. The minimum Gasteiger partial charge on any atom is -0.367 e. The number of nitrogens with zero attached hydrogens (tertiary/aromatic N) is 4. The Balaban J connectivity index is 1.91. The quantitative estimate of drug-likeness (QED) is 0.842. The number of hydrogen-bond donors (Lipinski definition) is 2. The van der Waals surface area contributed by atoms with Crippen LogP contribution >= 0.6 is 11.3 Å². The maximum Gasteiger partial charge on any atom is 0.242 e. The average Bonchev–Trinajstić information content (AvgIpc) is 2.98. The summed E-state index contributed by atoms with van der Waals surface area (Å²) in [6.45, 7) is 4.09. The highest BCUT2D eigenvalue weighted by atomic mass is 32.1. The van der Waals surface area contributed by atoms with E-state index in [2.05, 4.69) is 27.3 Å². The predicted octanol–water partition coefficient (Wildman–Crippen LogP) is 0.757. The van der Waals surface area contributed by atoms with Crippen LogP contribution < -0.4 is 11.1 Å². The van der Waals surface area contributed by atoms with Crippen molar-refractivity contribution in [3.05, 3.63) is 22.4 Å². The number of carbonyl (C=O) groups is 1. The zero-order valence-corrected chi connectivity index (χ0v) is 11.6. The molecule has 8 heteroatoms. The van der Waals surface area contributed by atoms with Crippen molar-refractivity contribution in [1.29, 1.82) is 0 Å². The van der Waals surface area contributed by atoms with Gasteiger partial charge in [-0.05, 0) is 13.3 Å². The molecule has 102 valence electrons. The van der Waals surface area contributed by atoms with Gasteiger partial charge in [-0.25, -0.2) is 14.6 Å². The summed E-state index contributed by atoms with van der Waals surface area (Å²) >= 11 is 1.61. The molecule has 1 unspecified atom stereocenters. The summed E-state index contributed by atoms with van der Waals surface area (Å²) in [6.07, 6.45) is 4.23. The number of carbonyl (C=O) groups excluding carboxylic acids is 1. The number of aromatic nitrogens is 4. The van der Waals surface area contributed by atoms with E-state index in [1.165, 1.54) is 15.9 Å². The second-order valence-electron chi connectivity index (χ2n) is 4.11. The van der Waals surface area contributed by atoms with E-state index in [1.807, 2.05) is 13.1 Å². The molecule has 2 heterocycles. The van der Waals surface area contributed by atoms with Crippen LogP contribution in [0.25, 0.3) is 0 Å². The number of nitrogen functional groups attached to an aromatic ring is 1. The van der Waals surface area contributed by atoms with Gasteiger partial charge in [-0.1, -0.05) is 6.92 Å². The molecule has 3 N–H and O–H groups in total. The number of nitrogens with two attached hydrogens (primary N) is 1. The standard InChI is InChI=1S/C11H16N6OS/c1-3-8-4-13-10(19-8)7(2)15-9(18)5-17-6-14-11(12)16-17/h4,6-7H,3,5H2,1-2H3,(H2,12,16)(H,15,18). The van der Waals surface area contributed by atoms with E-state index in [9.17, 15) is 4.79 Å². The lowest BCUT2D eigenvalue weighted by molar-refractivity contribution is -0.122. The van der Waals surface area contributed by atoms with Crippen LogP contribution in [0.15, 0.2) is 12.5 Å². The van der Waals surface area contributed by atoms with Gasteiger partial charge in [-0.3, -0.25) is 4.79 Å². The first-order valence-electron chi connectivity index (χ1n) is 5.97. The molecule has 1 atom stereocenters. The van der Waals surface area contributed by atoms with Gasteiger partial charge in [0, 0.05) is 11.1 Å². The van der Waals surface area contributed by atoms with Crippen molar-refractivity contribution in [2.75, 3.05) is 5.73 Å². The third kappa shape index (κ3) is 3.50. The van der Waals surface area contributed by atoms with Crippen LogP contribution in [0.5, 0.6) is 0 Å². The van der Waals surface area contributed by atoms with E-state index in [0.717, 1.165) is 11.4 Å². The smallest absolute Gasteiger partial charge is 0.242 e. The Bertz CT molecular complexity index is 563. The zero-order chi connectivity index (χ0) is 13.8. The number of hydrogen-bond acceptors (Lipinski definition) is 6. The van der Waals surface area contributed by atoms with Gasteiger partial charge in [0.15, 0.2) is 0 Å². The van der Waals surface area contributed by atoms with Crippen LogP contribution in [0.4, 0.5) is 5.95 Å². The lowest BCUT2D eigenvalue weighted by atomic mass is 10.3. The van der Waals surface area contributed by atoms with Crippen molar-refractivity contribution in [2.24, 2.45) is 0 Å². The van der Waals surface area contributed by atoms with Crippen LogP contribution in [-0.2, 0) is 17.8 Å². The number of thiazole rings is 1. The summed E-state index contributed by atoms with van der Waals surface area (Å²) in [5, 5.41) is 7.63. The fraction of sp³-hybridized carbons (Fsp3) is 0.455. The van der Waals surface area contributed by atoms with E-state index >= 15 is 0 Å². The molecule has 0 bridgehead atoms. The molecule has 2 rings (SSSR count). The first-order chi connectivity index (χ1) is 9.08. The van der Waals surface area contributed by atoms with Crippen molar-refractivity contribution >= 4 is 23.2 Å². The molecule has 0 saturated heterocycles. The first kappa shape index (κ1) is 13.5. The van der Waals surface area contributed by atoms with E-state index in [-0.39, 0.29) is 24.4 Å². The van der Waals surface area contributed by atoms with E-state index < -0.39 is 0 Å². The lowest BCUT2D eigenvalue weighted by Crippen LogP contribution is -2.30. The van der Waals surface area contributed by atoms with Gasteiger partial charge < -0.3 is 11.1 Å². The highest BCUT2D eigenvalue weighted by Crippen LogP contribution is 2.20. The Morgan fingerprint density at radius 2 is 2.37 bits per heavy atom. The number of anilines is 1. The van der Waals surface area contributed by atoms with Crippen LogP contribution in [-0.4, -0.2) is 25.7 Å². The summed E-state index contributed by atoms with van der Waals surface area (Å²) in [7, 11) is 0. The summed E-state index contributed by atoms with van der Waals surface area (Å²) in [5.41, 5.74) is 5.38. The summed E-state index contributed by atoms with van der Waals surface area (Å²) < 4.78 is 1.40. The Kier molecular flexibility index (Phi) is 4.10. The monoisotopic (exact) mass is 280 g/mol. The van der Waals surface area contributed by atoms with Gasteiger partial charge in [0.25, 0.3) is 0 Å². The van der Waals surface area contributed by atoms with Crippen LogP contribution in [0, 0.1) is 0 Å². The van der Waals surface area contributed by atoms with Crippen molar-refractivity contribution in [2.45, 2.75) is 32.9 Å². The third-order valence-corrected chi connectivity index (χ3v) is 3.85. The molecule has 7 nitrogen and oxygen atoms in total. The molecule has 0 aliphatic rings. The molecule has 0 fully saturated rings. The summed E-state index contributed by atoms with van der Waals surface area (Å²) in [4.78, 5) is 21.1. The van der Waals surface area contributed by atoms with Gasteiger partial charge in [0.2, 0.25) is 11.9 Å². The van der Waals surface area contributed by atoms with Gasteiger partial charge >= 0.3 is 0 Å². The maximum atomic E-state index is 11.8. The van der Waals surface area contributed by atoms with Crippen LogP contribution in [0.3, 0.4) is 0 Å². The number of rotatable bonds is 5. The molecular weight excluding hydrogens is 264 g/mol. The minimum absolute atomic E-state index is 0.0978. The molecule has 2 aromatic rings. The molecule has 0 aliphatic carbocycles. The average molecular weight is 280 g/mol. The van der Waals surface area contributed by atoms with E-state index in [4.69, 9.17) is 5.73 Å². The molecule has 0 radical (unpaired) electrons. The highest BCUT2D eigenvalue weighted by Gasteiger charge is 2.13. The van der Waals surface area contributed by atoms with E-state index in [1.54, 1.807) is 11.3 Å². The molecule has 0 aliphatic heterocycles. The Morgan fingerprint density at radius 3 is 2.95 bits per heavy atom. The van der Waals surface area contributed by atoms with E-state index in [0.29, 0.717) is 0 Å². The SMILES string of the molecule is CCc1cnc(C(C)NC(=O)Cn2cnc(N)n2)s1. The number of amides is 1. The largest absolute Gasteiger partial charge is 0.367 e. The minimum atomic E-state index is -0.148. The van der Waals surface area contributed by atoms with Crippen molar-refractivity contribution < 1.29 is 4.79 Å². The Morgan fingerprint density at radius 1 is 1.58 bits per heavy atom. The molecule has 1 amide bonds. The second kappa shape index (κ2) is 5.79. The third-order valence-electron chi connectivity index (χ3n) is 2.53. The fourth-order valence-corrected chi connectivity index (χ4v) is 2.43. The van der Waals surface area contributed by atoms with Gasteiger partial charge in [-0.2, -0.15) is 0 Å². The molecule has 0 aromatic carbocycles. The topological polar surface area (TPSA) is 98.7 Å². The predicted molar refractivity (Wildman–Crippen MR) is 72.5 cm³/mol. The Labute approximate surface area is 114 Å². The van der Waals surface area contributed by atoms with Gasteiger partial charge in [-0.15, -0.1) is 16.4 Å². The zero-order valence-electron chi connectivity index (χ0n) is 10.8. The first-order valence-corrected chi connectivity index (χ1v) is 6.79. The lowest BCUT2D eigenvalue weighted by Gasteiger charge is -2.10. The summed E-state index contributed by atoms with van der Waals surface area (Å²) in [5.74, 6) is 0.0130. The number of aryl methyl sites for hydroxylation is 1. The van der Waals surface area contributed by atoms with Crippen LogP contribution in [0.1, 0.15) is 29.8 Å². The second-order valence-corrected chi connectivity index (χ2v) is 5.25. The molecular formula is C11H16N6OS. The van der Waals surface area contributed by atoms with Crippen molar-refractivity contribution in [1.82, 2.24) is 25.1 Å². The fourth-order valence-electron chi connectivity index (χ4n) is 1.57. The molecule has 2 aromatic heterocycles. The molecule has 0 saturated carbocycles. The molecule has 19 heavy (non-hydrogen) atoms. The van der Waals surface area contributed by atoms with Gasteiger partial charge in [0.05, 0.1) is 6.04 Å². The normalized spacial score (nSPS) is 12.3. The number of nitrogens with one attached hydrogen (secondary N) is 1. The highest BCUT2D eigenvalue weighted by molar-refractivity contribution is 7.11. The van der Waals surface area contributed by atoms with Crippen LogP contribution in [0.2, 0.25) is 0 Å². The molecule has 0 spiro atoms.